The summed E-state index contributed by atoms with van der Waals surface area (Å²) in [6.07, 6.45) is 5.55. The van der Waals surface area contributed by atoms with E-state index in [1.807, 2.05) is 0 Å². The molecule has 1 heterocycles. The van der Waals surface area contributed by atoms with Gasteiger partial charge in [0.1, 0.15) is 0 Å². The molecule has 2 N–H and O–H groups in total. The van der Waals surface area contributed by atoms with Crippen molar-refractivity contribution in [2.24, 2.45) is 5.92 Å². The van der Waals surface area contributed by atoms with Gasteiger partial charge in [-0.2, -0.15) is 0 Å². The number of hydrogen-bond donors (Lipinski definition) is 2. The van der Waals surface area contributed by atoms with E-state index in [1.165, 1.54) is 6.42 Å². The lowest BCUT2D eigenvalue weighted by Crippen LogP contribution is -2.54. The van der Waals surface area contributed by atoms with Crippen LogP contribution in [0.15, 0.2) is 0 Å². The summed E-state index contributed by atoms with van der Waals surface area (Å²) in [5.74, 6) is 0.613. The molecular formula is C11H20N2O. The summed E-state index contributed by atoms with van der Waals surface area (Å²) < 4.78 is 0. The van der Waals surface area contributed by atoms with Crippen LogP contribution in [0.2, 0.25) is 0 Å². The van der Waals surface area contributed by atoms with Gasteiger partial charge in [-0.3, -0.25) is 4.79 Å². The average Bonchev–Trinajstić information content (AvgIpc) is 2.00. The zero-order valence-electron chi connectivity index (χ0n) is 8.94. The Morgan fingerprint density at radius 1 is 1.36 bits per heavy atom. The predicted molar refractivity (Wildman–Crippen MR) is 56.0 cm³/mol. The summed E-state index contributed by atoms with van der Waals surface area (Å²) in [6.45, 7) is 4.23. The molecule has 2 rings (SSSR count). The van der Waals surface area contributed by atoms with Gasteiger partial charge in [-0.05, 0) is 45.7 Å². The van der Waals surface area contributed by atoms with E-state index < -0.39 is 0 Å². The summed E-state index contributed by atoms with van der Waals surface area (Å²) in [4.78, 5) is 11.8. The fraction of sp³-hybridized carbons (Fsp3) is 0.909. The van der Waals surface area contributed by atoms with Gasteiger partial charge in [0.25, 0.3) is 0 Å². The largest absolute Gasteiger partial charge is 0.351 e. The summed E-state index contributed by atoms with van der Waals surface area (Å²) >= 11 is 0. The molecule has 0 aromatic carbocycles. The fourth-order valence-corrected chi connectivity index (χ4v) is 2.17. The molecule has 2 aliphatic rings. The van der Waals surface area contributed by atoms with Crippen LogP contribution in [-0.4, -0.2) is 24.5 Å². The predicted octanol–water partition coefficient (Wildman–Crippen LogP) is 1.04. The van der Waals surface area contributed by atoms with Crippen LogP contribution in [0.25, 0.3) is 0 Å². The zero-order chi connectivity index (χ0) is 10.0. The third-order valence-corrected chi connectivity index (χ3v) is 3.61. The van der Waals surface area contributed by atoms with Crippen LogP contribution in [-0.2, 0) is 4.79 Å². The highest BCUT2D eigenvalue weighted by Crippen LogP contribution is 2.28. The average molecular weight is 196 g/mol. The number of piperidine rings is 1. The van der Waals surface area contributed by atoms with Gasteiger partial charge in [-0.15, -0.1) is 0 Å². The van der Waals surface area contributed by atoms with Gasteiger partial charge in [0.2, 0.25) is 5.91 Å². The maximum absolute atomic E-state index is 11.8. The van der Waals surface area contributed by atoms with Gasteiger partial charge in [0.15, 0.2) is 0 Å². The van der Waals surface area contributed by atoms with Crippen molar-refractivity contribution >= 4 is 5.91 Å². The second kappa shape index (κ2) is 3.89. The molecule has 0 radical (unpaired) electrons. The molecular weight excluding hydrogens is 176 g/mol. The molecule has 0 spiro atoms. The number of carbonyl (C=O) groups excluding carboxylic acids is 1. The first-order chi connectivity index (χ1) is 6.70. The van der Waals surface area contributed by atoms with Crippen LogP contribution in [0.3, 0.4) is 0 Å². The Balaban J connectivity index is 1.84. The Hall–Kier alpha value is -0.570. The first-order valence-corrected chi connectivity index (χ1v) is 5.72. The van der Waals surface area contributed by atoms with E-state index in [9.17, 15) is 4.79 Å². The van der Waals surface area contributed by atoms with Crippen molar-refractivity contribution in [1.29, 1.82) is 0 Å². The molecule has 0 aromatic heterocycles. The summed E-state index contributed by atoms with van der Waals surface area (Å²) in [7, 11) is 0. The summed E-state index contributed by atoms with van der Waals surface area (Å²) in [5.41, 5.74) is 0.0535. The van der Waals surface area contributed by atoms with Crippen molar-refractivity contribution < 1.29 is 4.79 Å². The molecule has 3 nitrogen and oxygen atoms in total. The number of rotatable bonds is 2. The second-order valence-corrected chi connectivity index (χ2v) is 4.93. The van der Waals surface area contributed by atoms with Crippen molar-refractivity contribution in [1.82, 2.24) is 10.6 Å². The SMILES string of the molecule is CC1(NC(=O)C2CCC2)CCNCC1. The zero-order valence-corrected chi connectivity index (χ0v) is 8.94. The number of nitrogens with one attached hydrogen (secondary N) is 2. The Labute approximate surface area is 85.6 Å². The van der Waals surface area contributed by atoms with E-state index in [-0.39, 0.29) is 5.54 Å². The summed E-state index contributed by atoms with van der Waals surface area (Å²) in [5, 5.41) is 6.54. The van der Waals surface area contributed by atoms with Crippen LogP contribution in [0, 0.1) is 5.92 Å². The summed E-state index contributed by atoms with van der Waals surface area (Å²) in [6, 6.07) is 0. The fourth-order valence-electron chi connectivity index (χ4n) is 2.17. The Kier molecular flexibility index (Phi) is 2.77. The Morgan fingerprint density at radius 2 is 2.00 bits per heavy atom. The van der Waals surface area contributed by atoms with E-state index in [4.69, 9.17) is 0 Å². The van der Waals surface area contributed by atoms with E-state index >= 15 is 0 Å². The highest BCUT2D eigenvalue weighted by Gasteiger charge is 2.32. The molecule has 0 atom stereocenters. The van der Waals surface area contributed by atoms with Gasteiger partial charge in [-0.25, -0.2) is 0 Å². The van der Waals surface area contributed by atoms with E-state index in [1.54, 1.807) is 0 Å². The van der Waals surface area contributed by atoms with Crippen molar-refractivity contribution in [3.05, 3.63) is 0 Å². The molecule has 1 saturated heterocycles. The van der Waals surface area contributed by atoms with E-state index in [0.29, 0.717) is 11.8 Å². The van der Waals surface area contributed by atoms with Crippen LogP contribution < -0.4 is 10.6 Å². The lowest BCUT2D eigenvalue weighted by atomic mass is 9.83. The molecule has 1 saturated carbocycles. The standard InChI is InChI=1S/C11H20N2O/c1-11(5-7-12-8-6-11)13-10(14)9-3-2-4-9/h9,12H,2-8H2,1H3,(H,13,14). The minimum Gasteiger partial charge on any atom is -0.351 e. The van der Waals surface area contributed by atoms with Crippen LogP contribution in [0.5, 0.6) is 0 Å². The Morgan fingerprint density at radius 3 is 2.50 bits per heavy atom. The molecule has 0 unspecified atom stereocenters. The lowest BCUT2D eigenvalue weighted by Gasteiger charge is -2.37. The monoisotopic (exact) mass is 196 g/mol. The van der Waals surface area contributed by atoms with Gasteiger partial charge < -0.3 is 10.6 Å². The second-order valence-electron chi connectivity index (χ2n) is 4.93. The van der Waals surface area contributed by atoms with Crippen LogP contribution in [0.4, 0.5) is 0 Å². The van der Waals surface area contributed by atoms with Crippen molar-refractivity contribution in [3.63, 3.8) is 0 Å². The molecule has 1 amide bonds. The highest BCUT2D eigenvalue weighted by molar-refractivity contribution is 5.80. The van der Waals surface area contributed by atoms with Crippen molar-refractivity contribution in [3.8, 4) is 0 Å². The van der Waals surface area contributed by atoms with Gasteiger partial charge >= 0.3 is 0 Å². The molecule has 0 bridgehead atoms. The molecule has 1 aliphatic heterocycles. The number of hydrogen-bond acceptors (Lipinski definition) is 2. The first-order valence-electron chi connectivity index (χ1n) is 5.72. The van der Waals surface area contributed by atoms with Crippen molar-refractivity contribution in [2.75, 3.05) is 13.1 Å². The van der Waals surface area contributed by atoms with Crippen LogP contribution >= 0.6 is 0 Å². The minimum atomic E-state index is 0.0535. The maximum Gasteiger partial charge on any atom is 0.223 e. The quantitative estimate of drug-likeness (QED) is 0.693. The molecule has 80 valence electrons. The van der Waals surface area contributed by atoms with Gasteiger partial charge in [0, 0.05) is 11.5 Å². The lowest BCUT2D eigenvalue weighted by molar-refractivity contribution is -0.129. The molecule has 3 heteroatoms. The third kappa shape index (κ3) is 2.08. The first kappa shape index (κ1) is 9.97. The third-order valence-electron chi connectivity index (χ3n) is 3.61. The normalized spacial score (nSPS) is 26.6. The highest BCUT2D eigenvalue weighted by atomic mass is 16.2. The molecule has 1 aliphatic carbocycles. The van der Waals surface area contributed by atoms with Crippen LogP contribution in [0.1, 0.15) is 39.0 Å². The minimum absolute atomic E-state index is 0.0535. The maximum atomic E-state index is 11.8. The Bertz CT molecular complexity index is 217. The van der Waals surface area contributed by atoms with E-state index in [0.717, 1.165) is 38.8 Å². The topological polar surface area (TPSA) is 41.1 Å². The molecule has 0 aromatic rings. The van der Waals surface area contributed by atoms with Crippen molar-refractivity contribution in [2.45, 2.75) is 44.6 Å². The van der Waals surface area contributed by atoms with E-state index in [2.05, 4.69) is 17.6 Å². The van der Waals surface area contributed by atoms with Gasteiger partial charge in [-0.1, -0.05) is 6.42 Å². The van der Waals surface area contributed by atoms with Gasteiger partial charge in [0.05, 0.1) is 0 Å². The number of amides is 1. The smallest absolute Gasteiger partial charge is 0.223 e. The molecule has 14 heavy (non-hydrogen) atoms. The molecule has 2 fully saturated rings. The number of carbonyl (C=O) groups is 1.